The van der Waals surface area contributed by atoms with Gasteiger partial charge in [0.15, 0.2) is 0 Å². The van der Waals surface area contributed by atoms with Crippen LogP contribution in [0.1, 0.15) is 43.5 Å². The molecule has 1 aliphatic rings. The molecule has 1 aromatic rings. The molecule has 0 heterocycles. The number of anilines is 1. The fraction of sp³-hybridized carbons (Fsp3) is 0.500. The van der Waals surface area contributed by atoms with Gasteiger partial charge in [0.2, 0.25) is 5.91 Å². The molecule has 1 fully saturated rings. The van der Waals surface area contributed by atoms with Crippen molar-refractivity contribution in [2.75, 3.05) is 5.32 Å². The van der Waals surface area contributed by atoms with E-state index in [1.54, 1.807) is 12.1 Å². The van der Waals surface area contributed by atoms with E-state index >= 15 is 0 Å². The molecule has 0 spiro atoms. The van der Waals surface area contributed by atoms with E-state index in [1.807, 2.05) is 0 Å². The molecule has 20 heavy (non-hydrogen) atoms. The second-order valence-corrected chi connectivity index (χ2v) is 5.56. The minimum atomic E-state index is -0.960. The quantitative estimate of drug-likeness (QED) is 0.836. The van der Waals surface area contributed by atoms with Crippen LogP contribution in [0, 0.1) is 17.8 Å². The number of carboxylic acids is 1. The fourth-order valence-electron chi connectivity index (χ4n) is 2.78. The van der Waals surface area contributed by atoms with Crippen LogP contribution in [-0.4, -0.2) is 17.0 Å². The maximum Gasteiger partial charge on any atom is 0.335 e. The van der Waals surface area contributed by atoms with Crippen LogP contribution in [0.5, 0.6) is 0 Å². The number of hydrogen-bond donors (Lipinski definition) is 2. The van der Waals surface area contributed by atoms with E-state index in [9.17, 15) is 9.59 Å². The Morgan fingerprint density at radius 2 is 1.90 bits per heavy atom. The molecule has 108 valence electrons. The van der Waals surface area contributed by atoms with Gasteiger partial charge in [-0.2, -0.15) is 0 Å². The summed E-state index contributed by atoms with van der Waals surface area (Å²) in [6, 6.07) is 6.27. The Labute approximate surface area is 119 Å². The first-order valence-electron chi connectivity index (χ1n) is 7.18. The lowest BCUT2D eigenvalue weighted by Crippen LogP contribution is -2.15. The molecule has 0 radical (unpaired) electrons. The first-order chi connectivity index (χ1) is 9.54. The van der Waals surface area contributed by atoms with Crippen molar-refractivity contribution in [1.82, 2.24) is 0 Å². The van der Waals surface area contributed by atoms with Crippen molar-refractivity contribution in [3.63, 3.8) is 0 Å². The number of nitrogens with one attached hydrogen (secondary N) is 1. The number of benzene rings is 1. The molecule has 0 bridgehead atoms. The summed E-state index contributed by atoms with van der Waals surface area (Å²) in [4.78, 5) is 22.9. The predicted molar refractivity (Wildman–Crippen MR) is 77.7 cm³/mol. The van der Waals surface area contributed by atoms with E-state index in [0.717, 1.165) is 12.8 Å². The minimum Gasteiger partial charge on any atom is -0.478 e. The number of carbonyl (C=O) groups excluding carboxylic acids is 1. The first kappa shape index (κ1) is 14.6. The Balaban J connectivity index is 1.90. The van der Waals surface area contributed by atoms with Crippen molar-refractivity contribution in [2.24, 2.45) is 17.8 Å². The fourth-order valence-corrected chi connectivity index (χ4v) is 2.78. The molecule has 4 nitrogen and oxygen atoms in total. The van der Waals surface area contributed by atoms with E-state index in [1.165, 1.54) is 18.6 Å². The zero-order valence-electron chi connectivity index (χ0n) is 11.9. The molecule has 2 N–H and O–H groups in total. The minimum absolute atomic E-state index is 0.0571. The zero-order valence-corrected chi connectivity index (χ0v) is 11.9. The van der Waals surface area contributed by atoms with Crippen molar-refractivity contribution in [1.29, 1.82) is 0 Å². The number of unbranched alkanes of at least 4 members (excludes halogenated alkanes) is 1. The molecular formula is C16H21NO3. The van der Waals surface area contributed by atoms with Crippen LogP contribution in [-0.2, 0) is 4.79 Å². The summed E-state index contributed by atoms with van der Waals surface area (Å²) in [7, 11) is 0. The summed E-state index contributed by atoms with van der Waals surface area (Å²) in [5, 5.41) is 11.7. The summed E-state index contributed by atoms with van der Waals surface area (Å²) < 4.78 is 0. The van der Waals surface area contributed by atoms with Gasteiger partial charge in [-0.25, -0.2) is 4.79 Å². The van der Waals surface area contributed by atoms with Gasteiger partial charge in [-0.1, -0.05) is 26.7 Å². The van der Waals surface area contributed by atoms with E-state index in [0.29, 0.717) is 17.5 Å². The maximum atomic E-state index is 12.2. The Hall–Kier alpha value is -1.84. The van der Waals surface area contributed by atoms with E-state index in [-0.39, 0.29) is 17.4 Å². The van der Waals surface area contributed by atoms with Crippen molar-refractivity contribution >= 4 is 17.6 Å². The van der Waals surface area contributed by atoms with Crippen LogP contribution in [0.15, 0.2) is 24.3 Å². The highest BCUT2D eigenvalue weighted by molar-refractivity contribution is 5.95. The van der Waals surface area contributed by atoms with Crippen LogP contribution < -0.4 is 5.32 Å². The Morgan fingerprint density at radius 3 is 2.45 bits per heavy atom. The standard InChI is InChI=1S/C16H21NO3/c1-3-4-5-13-10(2)14(13)15(18)17-12-8-6-11(7-9-12)16(19)20/h6-10,13-14H,3-5H2,1-2H3,(H,17,18)(H,19,20)/t10-,13+,14-/m0/s1. The number of hydrogen-bond acceptors (Lipinski definition) is 2. The van der Waals surface area contributed by atoms with E-state index in [2.05, 4.69) is 19.2 Å². The molecule has 4 heteroatoms. The van der Waals surface area contributed by atoms with Crippen LogP contribution in [0.25, 0.3) is 0 Å². The lowest BCUT2D eigenvalue weighted by Gasteiger charge is -2.05. The molecule has 3 atom stereocenters. The van der Waals surface area contributed by atoms with Gasteiger partial charge in [-0.15, -0.1) is 0 Å². The zero-order chi connectivity index (χ0) is 14.7. The molecule has 0 aromatic heterocycles. The second kappa shape index (κ2) is 6.07. The summed E-state index contributed by atoms with van der Waals surface area (Å²) in [5.41, 5.74) is 0.886. The smallest absolute Gasteiger partial charge is 0.335 e. The average Bonchev–Trinajstić information content (AvgIpc) is 3.07. The topological polar surface area (TPSA) is 66.4 Å². The number of aromatic carboxylic acids is 1. The Bertz CT molecular complexity index is 495. The molecular weight excluding hydrogens is 254 g/mol. The highest BCUT2D eigenvalue weighted by Crippen LogP contribution is 2.49. The van der Waals surface area contributed by atoms with Gasteiger partial charge in [-0.05, 0) is 42.5 Å². The molecule has 0 saturated heterocycles. The molecule has 1 saturated carbocycles. The summed E-state index contributed by atoms with van der Waals surface area (Å²) in [6.07, 6.45) is 3.45. The average molecular weight is 275 g/mol. The maximum absolute atomic E-state index is 12.2. The molecule has 0 unspecified atom stereocenters. The molecule has 1 amide bonds. The van der Waals surface area contributed by atoms with Gasteiger partial charge < -0.3 is 10.4 Å². The van der Waals surface area contributed by atoms with Gasteiger partial charge in [0.1, 0.15) is 0 Å². The van der Waals surface area contributed by atoms with Crippen molar-refractivity contribution in [3.8, 4) is 0 Å². The van der Waals surface area contributed by atoms with Gasteiger partial charge in [0.05, 0.1) is 5.56 Å². The van der Waals surface area contributed by atoms with Crippen molar-refractivity contribution in [3.05, 3.63) is 29.8 Å². The van der Waals surface area contributed by atoms with E-state index in [4.69, 9.17) is 5.11 Å². The molecule has 1 aliphatic carbocycles. The van der Waals surface area contributed by atoms with Crippen LogP contribution in [0.3, 0.4) is 0 Å². The lowest BCUT2D eigenvalue weighted by molar-refractivity contribution is -0.117. The molecule has 2 rings (SSSR count). The summed E-state index contributed by atoms with van der Waals surface area (Å²) >= 11 is 0. The van der Waals surface area contributed by atoms with Gasteiger partial charge >= 0.3 is 5.97 Å². The highest BCUT2D eigenvalue weighted by Gasteiger charge is 2.50. The first-order valence-corrected chi connectivity index (χ1v) is 7.18. The Kier molecular flexibility index (Phi) is 4.42. The second-order valence-electron chi connectivity index (χ2n) is 5.56. The van der Waals surface area contributed by atoms with Gasteiger partial charge in [0.25, 0.3) is 0 Å². The molecule has 1 aromatic carbocycles. The number of amides is 1. The van der Waals surface area contributed by atoms with Gasteiger partial charge in [0, 0.05) is 11.6 Å². The molecule has 0 aliphatic heterocycles. The third-order valence-corrected chi connectivity index (χ3v) is 4.16. The van der Waals surface area contributed by atoms with Crippen LogP contribution in [0.4, 0.5) is 5.69 Å². The van der Waals surface area contributed by atoms with Gasteiger partial charge in [-0.3, -0.25) is 4.79 Å². The third-order valence-electron chi connectivity index (χ3n) is 4.16. The number of carbonyl (C=O) groups is 2. The van der Waals surface area contributed by atoms with Crippen molar-refractivity contribution in [2.45, 2.75) is 33.1 Å². The number of carboxylic acid groups (broad SMARTS) is 1. The van der Waals surface area contributed by atoms with E-state index < -0.39 is 5.97 Å². The summed E-state index contributed by atoms with van der Waals surface area (Å²) in [6.45, 7) is 4.28. The lowest BCUT2D eigenvalue weighted by atomic mass is 10.1. The largest absolute Gasteiger partial charge is 0.478 e. The third kappa shape index (κ3) is 3.18. The van der Waals surface area contributed by atoms with Crippen molar-refractivity contribution < 1.29 is 14.7 Å². The highest BCUT2D eigenvalue weighted by atomic mass is 16.4. The summed E-state index contributed by atoms with van der Waals surface area (Å²) in [5.74, 6) is 0.175. The Morgan fingerprint density at radius 1 is 1.25 bits per heavy atom. The SMILES string of the molecule is CCCC[C@@H]1[C@H](C)[C@@H]1C(=O)Nc1ccc(C(=O)O)cc1. The van der Waals surface area contributed by atoms with Crippen LogP contribution in [0.2, 0.25) is 0 Å². The predicted octanol–water partition coefficient (Wildman–Crippen LogP) is 3.40. The monoisotopic (exact) mass is 275 g/mol. The number of rotatable bonds is 6. The van der Waals surface area contributed by atoms with Crippen LogP contribution >= 0.6 is 0 Å². The normalized spacial score (nSPS) is 24.2.